The SMILES string of the molecule is CNC(=O)NC(=O)[C@H](C)[NH+](C)CC(=O)Nc1cccc(F)c1. The quantitative estimate of drug-likeness (QED) is 0.569. The maximum atomic E-state index is 13.0. The summed E-state index contributed by atoms with van der Waals surface area (Å²) in [6, 6.07) is 4.33. The molecule has 0 aromatic heterocycles. The van der Waals surface area contributed by atoms with Crippen molar-refractivity contribution in [3.05, 3.63) is 30.1 Å². The number of quaternary nitrogens is 1. The number of anilines is 1. The second kappa shape index (κ2) is 8.08. The molecule has 8 heteroatoms. The van der Waals surface area contributed by atoms with E-state index in [2.05, 4.69) is 16.0 Å². The average molecular weight is 311 g/mol. The number of hydrogen-bond donors (Lipinski definition) is 4. The summed E-state index contributed by atoms with van der Waals surface area (Å²) in [7, 11) is 3.05. The van der Waals surface area contributed by atoms with Gasteiger partial charge in [0.15, 0.2) is 12.6 Å². The van der Waals surface area contributed by atoms with Crippen molar-refractivity contribution in [3.63, 3.8) is 0 Å². The lowest BCUT2D eigenvalue weighted by Crippen LogP contribution is -3.15. The van der Waals surface area contributed by atoms with Crippen molar-refractivity contribution >= 4 is 23.5 Å². The molecule has 0 aliphatic heterocycles. The Bertz CT molecular complexity index is 565. The van der Waals surface area contributed by atoms with E-state index < -0.39 is 23.8 Å². The van der Waals surface area contributed by atoms with E-state index in [1.807, 2.05) is 0 Å². The Kier molecular flexibility index (Phi) is 6.46. The molecule has 0 bridgehead atoms. The summed E-state index contributed by atoms with van der Waals surface area (Å²) in [5.41, 5.74) is 0.347. The van der Waals surface area contributed by atoms with Crippen LogP contribution in [0.15, 0.2) is 24.3 Å². The van der Waals surface area contributed by atoms with Gasteiger partial charge < -0.3 is 15.5 Å². The fourth-order valence-electron chi connectivity index (χ4n) is 1.68. The first-order valence-electron chi connectivity index (χ1n) is 6.73. The zero-order valence-electron chi connectivity index (χ0n) is 12.7. The molecule has 0 fully saturated rings. The lowest BCUT2D eigenvalue weighted by Gasteiger charge is -2.20. The first kappa shape index (κ1) is 17.6. The standard InChI is InChI=1S/C14H19FN4O3/c1-9(13(21)18-14(22)16-2)19(3)8-12(20)17-11-6-4-5-10(15)7-11/h4-7,9H,8H2,1-3H3,(H,17,20)(H2,16,18,21,22)/p+1/t9-/m0/s1. The maximum Gasteiger partial charge on any atom is 0.321 e. The van der Waals surface area contributed by atoms with E-state index in [9.17, 15) is 18.8 Å². The fraction of sp³-hybridized carbons (Fsp3) is 0.357. The Morgan fingerprint density at radius 3 is 2.59 bits per heavy atom. The van der Waals surface area contributed by atoms with Crippen molar-refractivity contribution in [3.8, 4) is 0 Å². The first-order valence-corrected chi connectivity index (χ1v) is 6.73. The predicted molar refractivity (Wildman–Crippen MR) is 78.8 cm³/mol. The van der Waals surface area contributed by atoms with Crippen LogP contribution < -0.4 is 20.9 Å². The van der Waals surface area contributed by atoms with Gasteiger partial charge in [-0.15, -0.1) is 0 Å². The summed E-state index contributed by atoms with van der Waals surface area (Å²) in [6.45, 7) is 1.60. The minimum atomic E-state index is -0.603. The van der Waals surface area contributed by atoms with Crippen LogP contribution in [0.25, 0.3) is 0 Å². The summed E-state index contributed by atoms with van der Waals surface area (Å²) in [4.78, 5) is 35.3. The number of imide groups is 1. The number of likely N-dealkylation sites (N-methyl/N-ethyl adjacent to an activating group) is 1. The molecule has 1 aromatic rings. The molecule has 2 atom stereocenters. The van der Waals surface area contributed by atoms with Crippen molar-refractivity contribution in [1.82, 2.24) is 10.6 Å². The third-order valence-electron chi connectivity index (χ3n) is 3.14. The van der Waals surface area contributed by atoms with E-state index in [0.29, 0.717) is 10.6 Å². The van der Waals surface area contributed by atoms with Crippen LogP contribution in [0.5, 0.6) is 0 Å². The predicted octanol–water partition coefficient (Wildman–Crippen LogP) is -0.877. The molecule has 1 aromatic carbocycles. The number of carbonyl (C=O) groups is 3. The van der Waals surface area contributed by atoms with E-state index in [-0.39, 0.29) is 12.5 Å². The zero-order chi connectivity index (χ0) is 16.7. The summed E-state index contributed by atoms with van der Waals surface area (Å²) < 4.78 is 13.0. The molecule has 0 radical (unpaired) electrons. The number of carbonyl (C=O) groups excluding carboxylic acids is 3. The molecule has 0 aliphatic carbocycles. The Morgan fingerprint density at radius 2 is 2.00 bits per heavy atom. The van der Waals surface area contributed by atoms with E-state index in [0.717, 1.165) is 0 Å². The first-order chi connectivity index (χ1) is 10.3. The third-order valence-corrected chi connectivity index (χ3v) is 3.14. The molecular weight excluding hydrogens is 291 g/mol. The van der Waals surface area contributed by atoms with Gasteiger partial charge in [-0.3, -0.25) is 14.9 Å². The monoisotopic (exact) mass is 311 g/mol. The van der Waals surface area contributed by atoms with Crippen LogP contribution in [0.3, 0.4) is 0 Å². The van der Waals surface area contributed by atoms with Gasteiger partial charge in [0.25, 0.3) is 11.8 Å². The number of amides is 4. The number of benzene rings is 1. The van der Waals surface area contributed by atoms with Gasteiger partial charge in [-0.25, -0.2) is 9.18 Å². The van der Waals surface area contributed by atoms with Crippen LogP contribution in [0.4, 0.5) is 14.9 Å². The van der Waals surface area contributed by atoms with E-state index in [4.69, 9.17) is 0 Å². The number of rotatable bonds is 5. The molecular formula is C14H20FN4O3+. The van der Waals surface area contributed by atoms with Gasteiger partial charge in [-0.05, 0) is 25.1 Å². The van der Waals surface area contributed by atoms with Gasteiger partial charge in [0.05, 0.1) is 7.05 Å². The minimum absolute atomic E-state index is 0.00115. The molecule has 0 saturated carbocycles. The minimum Gasteiger partial charge on any atom is -0.341 e. The van der Waals surface area contributed by atoms with Gasteiger partial charge in [0, 0.05) is 12.7 Å². The zero-order valence-corrected chi connectivity index (χ0v) is 12.7. The Morgan fingerprint density at radius 1 is 1.32 bits per heavy atom. The summed E-state index contributed by atoms with van der Waals surface area (Å²) >= 11 is 0. The summed E-state index contributed by atoms with van der Waals surface area (Å²) in [5.74, 6) is -1.30. The average Bonchev–Trinajstić information content (AvgIpc) is 2.45. The Labute approximate surface area is 127 Å². The Balaban J connectivity index is 2.52. The molecule has 1 rings (SSSR count). The second-order valence-electron chi connectivity index (χ2n) is 4.87. The van der Waals surface area contributed by atoms with Gasteiger partial charge in [0.1, 0.15) is 5.82 Å². The molecule has 0 aliphatic rings. The van der Waals surface area contributed by atoms with E-state index >= 15 is 0 Å². The molecule has 0 heterocycles. The lowest BCUT2D eigenvalue weighted by molar-refractivity contribution is -0.885. The van der Waals surface area contributed by atoms with Gasteiger partial charge in [0.2, 0.25) is 0 Å². The van der Waals surface area contributed by atoms with Crippen molar-refractivity contribution < 1.29 is 23.7 Å². The molecule has 1 unspecified atom stereocenters. The highest BCUT2D eigenvalue weighted by Crippen LogP contribution is 2.08. The van der Waals surface area contributed by atoms with Crippen LogP contribution in [0.2, 0.25) is 0 Å². The molecule has 4 N–H and O–H groups in total. The highest BCUT2D eigenvalue weighted by molar-refractivity contribution is 5.96. The topological polar surface area (TPSA) is 91.7 Å². The maximum absolute atomic E-state index is 13.0. The second-order valence-corrected chi connectivity index (χ2v) is 4.87. The highest BCUT2D eigenvalue weighted by atomic mass is 19.1. The van der Waals surface area contributed by atoms with Gasteiger partial charge >= 0.3 is 6.03 Å². The highest BCUT2D eigenvalue weighted by Gasteiger charge is 2.25. The van der Waals surface area contributed by atoms with Crippen LogP contribution in [-0.4, -0.2) is 44.5 Å². The lowest BCUT2D eigenvalue weighted by atomic mass is 10.2. The largest absolute Gasteiger partial charge is 0.341 e. The van der Waals surface area contributed by atoms with Crippen LogP contribution in [0.1, 0.15) is 6.92 Å². The third kappa shape index (κ3) is 5.49. The molecule has 4 amide bonds. The number of urea groups is 1. The van der Waals surface area contributed by atoms with Gasteiger partial charge in [-0.1, -0.05) is 6.07 Å². The van der Waals surface area contributed by atoms with Crippen LogP contribution >= 0.6 is 0 Å². The van der Waals surface area contributed by atoms with Crippen LogP contribution in [-0.2, 0) is 9.59 Å². The van der Waals surface area contributed by atoms with Crippen LogP contribution in [0, 0.1) is 5.82 Å². The number of nitrogens with one attached hydrogen (secondary N) is 4. The smallest absolute Gasteiger partial charge is 0.321 e. The van der Waals surface area contributed by atoms with E-state index in [1.54, 1.807) is 20.0 Å². The summed E-state index contributed by atoms with van der Waals surface area (Å²) in [6.07, 6.45) is 0. The Hall–Kier alpha value is -2.48. The fourth-order valence-corrected chi connectivity index (χ4v) is 1.68. The molecule has 22 heavy (non-hydrogen) atoms. The molecule has 7 nitrogen and oxygen atoms in total. The van der Waals surface area contributed by atoms with Crippen molar-refractivity contribution in [2.45, 2.75) is 13.0 Å². The van der Waals surface area contributed by atoms with Crippen molar-refractivity contribution in [2.75, 3.05) is 26.0 Å². The van der Waals surface area contributed by atoms with E-state index in [1.165, 1.54) is 25.2 Å². The molecule has 0 saturated heterocycles. The van der Waals surface area contributed by atoms with Crippen molar-refractivity contribution in [1.29, 1.82) is 0 Å². The normalized spacial score (nSPS) is 12.9. The van der Waals surface area contributed by atoms with Crippen molar-refractivity contribution in [2.24, 2.45) is 0 Å². The number of halogens is 1. The number of hydrogen-bond acceptors (Lipinski definition) is 3. The summed E-state index contributed by atoms with van der Waals surface area (Å²) in [5, 5.41) is 6.97. The molecule has 0 spiro atoms. The van der Waals surface area contributed by atoms with Gasteiger partial charge in [-0.2, -0.15) is 0 Å². The molecule has 120 valence electrons.